The molecule has 0 bridgehead atoms. The maximum atomic E-state index is 3.60. The maximum absolute atomic E-state index is 3.60. The van der Waals surface area contributed by atoms with E-state index in [1.165, 1.54) is 30.7 Å². The summed E-state index contributed by atoms with van der Waals surface area (Å²) in [5.74, 6) is 0.873. The van der Waals surface area contributed by atoms with Crippen LogP contribution in [0.3, 0.4) is 0 Å². The van der Waals surface area contributed by atoms with Crippen molar-refractivity contribution >= 4 is 11.3 Å². The number of hydrogen-bond acceptors (Lipinski definition) is 2. The lowest BCUT2D eigenvalue weighted by Gasteiger charge is -2.27. The molecule has 1 aliphatic carbocycles. The van der Waals surface area contributed by atoms with Gasteiger partial charge in [-0.3, -0.25) is 0 Å². The van der Waals surface area contributed by atoms with Gasteiger partial charge in [-0.1, -0.05) is 26.3 Å². The number of rotatable bonds is 4. The number of hydrogen-bond donors (Lipinski definition) is 1. The zero-order valence-electron chi connectivity index (χ0n) is 9.75. The van der Waals surface area contributed by atoms with E-state index in [9.17, 15) is 0 Å². The van der Waals surface area contributed by atoms with Gasteiger partial charge in [0.05, 0.1) is 0 Å². The summed E-state index contributed by atoms with van der Waals surface area (Å²) in [5.41, 5.74) is 0.558. The SMILES string of the molecule is CC1(C)CCCC1CNCc1cccs1. The van der Waals surface area contributed by atoms with Crippen molar-refractivity contribution < 1.29 is 0 Å². The standard InChI is InChI=1S/C13H21NS/c1-13(2)7-3-5-11(13)9-14-10-12-6-4-8-15-12/h4,6,8,11,14H,3,5,7,9-10H2,1-2H3. The van der Waals surface area contributed by atoms with E-state index < -0.39 is 0 Å². The van der Waals surface area contributed by atoms with Crippen molar-refractivity contribution in [2.24, 2.45) is 11.3 Å². The fourth-order valence-electron chi connectivity index (χ4n) is 2.56. The van der Waals surface area contributed by atoms with E-state index in [2.05, 4.69) is 36.7 Å². The van der Waals surface area contributed by atoms with Crippen molar-refractivity contribution in [2.45, 2.75) is 39.7 Å². The van der Waals surface area contributed by atoms with Gasteiger partial charge in [0.15, 0.2) is 0 Å². The Labute approximate surface area is 96.9 Å². The van der Waals surface area contributed by atoms with Gasteiger partial charge in [-0.05, 0) is 42.2 Å². The van der Waals surface area contributed by atoms with Gasteiger partial charge in [-0.15, -0.1) is 11.3 Å². The van der Waals surface area contributed by atoms with E-state index in [4.69, 9.17) is 0 Å². The van der Waals surface area contributed by atoms with Crippen LogP contribution >= 0.6 is 11.3 Å². The lowest BCUT2D eigenvalue weighted by atomic mass is 9.82. The van der Waals surface area contributed by atoms with Crippen LogP contribution in [0.25, 0.3) is 0 Å². The molecule has 0 saturated heterocycles. The third kappa shape index (κ3) is 2.82. The smallest absolute Gasteiger partial charge is 0.0299 e. The van der Waals surface area contributed by atoms with Gasteiger partial charge in [0.2, 0.25) is 0 Å². The fourth-order valence-corrected chi connectivity index (χ4v) is 3.23. The summed E-state index contributed by atoms with van der Waals surface area (Å²) in [6, 6.07) is 4.33. The van der Waals surface area contributed by atoms with Crippen LogP contribution in [0.5, 0.6) is 0 Å². The first-order chi connectivity index (χ1) is 7.18. The van der Waals surface area contributed by atoms with E-state index >= 15 is 0 Å². The van der Waals surface area contributed by atoms with Gasteiger partial charge < -0.3 is 5.32 Å². The Morgan fingerprint density at radius 3 is 3.00 bits per heavy atom. The lowest BCUT2D eigenvalue weighted by molar-refractivity contribution is 0.251. The van der Waals surface area contributed by atoms with Crippen LogP contribution < -0.4 is 5.32 Å². The summed E-state index contributed by atoms with van der Waals surface area (Å²) in [5, 5.41) is 5.75. The molecule has 0 aromatic carbocycles. The van der Waals surface area contributed by atoms with Gasteiger partial charge in [0, 0.05) is 11.4 Å². The second-order valence-electron chi connectivity index (χ2n) is 5.29. The van der Waals surface area contributed by atoms with E-state index in [0.717, 1.165) is 12.5 Å². The fraction of sp³-hybridized carbons (Fsp3) is 0.692. The Morgan fingerprint density at radius 2 is 2.40 bits per heavy atom. The van der Waals surface area contributed by atoms with E-state index in [1.54, 1.807) is 0 Å². The molecule has 15 heavy (non-hydrogen) atoms. The summed E-state index contributed by atoms with van der Waals surface area (Å²) in [6.07, 6.45) is 4.22. The Morgan fingerprint density at radius 1 is 1.53 bits per heavy atom. The van der Waals surface area contributed by atoms with Gasteiger partial charge in [0.1, 0.15) is 0 Å². The molecule has 1 aromatic rings. The molecule has 0 amide bonds. The normalized spacial score (nSPS) is 24.5. The predicted molar refractivity (Wildman–Crippen MR) is 67.1 cm³/mol. The molecule has 1 aromatic heterocycles. The first-order valence-electron chi connectivity index (χ1n) is 5.91. The highest BCUT2D eigenvalue weighted by Gasteiger charge is 2.33. The molecular formula is C13H21NS. The maximum Gasteiger partial charge on any atom is 0.0299 e. The van der Waals surface area contributed by atoms with Crippen molar-refractivity contribution in [2.75, 3.05) is 6.54 Å². The Hall–Kier alpha value is -0.340. The highest BCUT2D eigenvalue weighted by molar-refractivity contribution is 7.09. The second kappa shape index (κ2) is 4.67. The predicted octanol–water partition coefficient (Wildman–Crippen LogP) is 3.66. The molecule has 1 atom stereocenters. The Kier molecular flexibility index (Phi) is 3.47. The average molecular weight is 223 g/mol. The van der Waals surface area contributed by atoms with Gasteiger partial charge >= 0.3 is 0 Å². The zero-order chi connectivity index (χ0) is 10.7. The number of nitrogens with one attached hydrogen (secondary N) is 1. The van der Waals surface area contributed by atoms with Crippen molar-refractivity contribution in [1.82, 2.24) is 5.32 Å². The Bertz CT molecular complexity index is 289. The largest absolute Gasteiger partial charge is 0.312 e. The zero-order valence-corrected chi connectivity index (χ0v) is 10.6. The number of thiophene rings is 1. The molecule has 1 heterocycles. The molecular weight excluding hydrogens is 202 g/mol. The molecule has 1 unspecified atom stereocenters. The van der Waals surface area contributed by atoms with Crippen LogP contribution in [0.15, 0.2) is 17.5 Å². The van der Waals surface area contributed by atoms with Crippen LogP contribution in [-0.4, -0.2) is 6.54 Å². The highest BCUT2D eigenvalue weighted by atomic mass is 32.1. The summed E-state index contributed by atoms with van der Waals surface area (Å²) in [7, 11) is 0. The highest BCUT2D eigenvalue weighted by Crippen LogP contribution is 2.41. The molecule has 2 heteroatoms. The first-order valence-corrected chi connectivity index (χ1v) is 6.79. The molecule has 1 N–H and O–H groups in total. The molecule has 1 nitrogen and oxygen atoms in total. The minimum atomic E-state index is 0.558. The molecule has 2 rings (SSSR count). The van der Waals surface area contributed by atoms with Crippen LogP contribution in [-0.2, 0) is 6.54 Å². The Balaban J connectivity index is 1.74. The van der Waals surface area contributed by atoms with Gasteiger partial charge in [-0.25, -0.2) is 0 Å². The summed E-state index contributed by atoms with van der Waals surface area (Å²) >= 11 is 1.84. The molecule has 1 aliphatic rings. The quantitative estimate of drug-likeness (QED) is 0.821. The monoisotopic (exact) mass is 223 g/mol. The lowest BCUT2D eigenvalue weighted by Crippen LogP contribution is -2.29. The molecule has 1 saturated carbocycles. The third-order valence-corrected chi connectivity index (χ3v) is 4.63. The van der Waals surface area contributed by atoms with E-state index in [-0.39, 0.29) is 0 Å². The van der Waals surface area contributed by atoms with Crippen LogP contribution in [0.4, 0.5) is 0 Å². The van der Waals surface area contributed by atoms with E-state index in [1.807, 2.05) is 11.3 Å². The minimum Gasteiger partial charge on any atom is -0.312 e. The van der Waals surface area contributed by atoms with Gasteiger partial charge in [-0.2, -0.15) is 0 Å². The molecule has 84 valence electrons. The molecule has 0 spiro atoms. The van der Waals surface area contributed by atoms with Crippen molar-refractivity contribution in [1.29, 1.82) is 0 Å². The molecule has 0 radical (unpaired) electrons. The van der Waals surface area contributed by atoms with E-state index in [0.29, 0.717) is 5.41 Å². The topological polar surface area (TPSA) is 12.0 Å². The van der Waals surface area contributed by atoms with Crippen LogP contribution in [0.2, 0.25) is 0 Å². The van der Waals surface area contributed by atoms with Crippen LogP contribution in [0.1, 0.15) is 38.0 Å². The minimum absolute atomic E-state index is 0.558. The summed E-state index contributed by atoms with van der Waals surface area (Å²) in [6.45, 7) is 7.06. The molecule has 0 aliphatic heterocycles. The first kappa shape index (κ1) is 11.2. The van der Waals surface area contributed by atoms with Crippen molar-refractivity contribution in [3.63, 3.8) is 0 Å². The van der Waals surface area contributed by atoms with Crippen LogP contribution in [0, 0.1) is 11.3 Å². The third-order valence-electron chi connectivity index (χ3n) is 3.75. The molecule has 1 fully saturated rings. The average Bonchev–Trinajstić information content (AvgIpc) is 2.77. The van der Waals surface area contributed by atoms with Crippen molar-refractivity contribution in [3.8, 4) is 0 Å². The van der Waals surface area contributed by atoms with Crippen molar-refractivity contribution in [3.05, 3.63) is 22.4 Å². The summed E-state index contributed by atoms with van der Waals surface area (Å²) in [4.78, 5) is 1.45. The summed E-state index contributed by atoms with van der Waals surface area (Å²) < 4.78 is 0. The second-order valence-corrected chi connectivity index (χ2v) is 6.32. The van der Waals surface area contributed by atoms with Gasteiger partial charge in [0.25, 0.3) is 0 Å².